The lowest BCUT2D eigenvalue weighted by atomic mass is 10.2. The average molecular weight is 202 g/mol. The van der Waals surface area contributed by atoms with Crippen LogP contribution in [-0.2, 0) is 0 Å². The van der Waals surface area contributed by atoms with Gasteiger partial charge in [0.1, 0.15) is 0 Å². The molecule has 1 rings (SSSR count). The Morgan fingerprint density at radius 2 is 2.15 bits per heavy atom. The summed E-state index contributed by atoms with van der Waals surface area (Å²) in [5.74, 6) is 0. The first-order valence-electron chi connectivity index (χ1n) is 4.64. The van der Waals surface area contributed by atoms with Crippen LogP contribution in [0.2, 0.25) is 0 Å². The SMILES string of the molecule is CSC1CCC(NC(=O)N(C)C)C1. The number of carbonyl (C=O) groups is 1. The zero-order valence-electron chi connectivity index (χ0n) is 8.54. The maximum Gasteiger partial charge on any atom is 0.317 e. The number of nitrogens with zero attached hydrogens (tertiary/aromatic N) is 1. The summed E-state index contributed by atoms with van der Waals surface area (Å²) in [4.78, 5) is 12.9. The molecule has 2 amide bonds. The molecule has 1 saturated carbocycles. The van der Waals surface area contributed by atoms with E-state index < -0.39 is 0 Å². The lowest BCUT2D eigenvalue weighted by Crippen LogP contribution is -2.40. The molecule has 2 atom stereocenters. The smallest absolute Gasteiger partial charge is 0.317 e. The molecule has 1 aliphatic carbocycles. The molecule has 0 bridgehead atoms. The van der Waals surface area contributed by atoms with Gasteiger partial charge in [0.25, 0.3) is 0 Å². The number of urea groups is 1. The topological polar surface area (TPSA) is 32.3 Å². The third-order valence-electron chi connectivity index (χ3n) is 2.45. The van der Waals surface area contributed by atoms with Gasteiger partial charge in [0.15, 0.2) is 0 Å². The summed E-state index contributed by atoms with van der Waals surface area (Å²) in [7, 11) is 3.55. The van der Waals surface area contributed by atoms with E-state index in [2.05, 4.69) is 11.6 Å². The van der Waals surface area contributed by atoms with Gasteiger partial charge in [-0.3, -0.25) is 0 Å². The fourth-order valence-corrected chi connectivity index (χ4v) is 2.39. The van der Waals surface area contributed by atoms with Crippen LogP contribution in [-0.4, -0.2) is 42.6 Å². The number of amides is 2. The maximum atomic E-state index is 11.3. The highest BCUT2D eigenvalue weighted by atomic mass is 32.2. The standard InChI is InChI=1S/C9H18N2OS/c1-11(2)9(12)10-7-4-5-8(6-7)13-3/h7-8H,4-6H2,1-3H3,(H,10,12). The molecule has 13 heavy (non-hydrogen) atoms. The molecule has 3 nitrogen and oxygen atoms in total. The summed E-state index contributed by atoms with van der Waals surface area (Å²) < 4.78 is 0. The monoisotopic (exact) mass is 202 g/mol. The van der Waals surface area contributed by atoms with Crippen LogP contribution < -0.4 is 5.32 Å². The number of hydrogen-bond acceptors (Lipinski definition) is 2. The molecule has 0 radical (unpaired) electrons. The van der Waals surface area contributed by atoms with Crippen molar-refractivity contribution in [2.24, 2.45) is 0 Å². The first-order chi connectivity index (χ1) is 6.13. The average Bonchev–Trinajstić information content (AvgIpc) is 2.52. The molecule has 1 fully saturated rings. The van der Waals surface area contributed by atoms with Crippen LogP contribution in [0.25, 0.3) is 0 Å². The number of rotatable bonds is 2. The van der Waals surface area contributed by atoms with Gasteiger partial charge in [0.05, 0.1) is 0 Å². The van der Waals surface area contributed by atoms with E-state index in [1.165, 1.54) is 6.42 Å². The van der Waals surface area contributed by atoms with Gasteiger partial charge >= 0.3 is 6.03 Å². The summed E-state index contributed by atoms with van der Waals surface area (Å²) in [6.07, 6.45) is 5.63. The number of hydrogen-bond donors (Lipinski definition) is 1. The van der Waals surface area contributed by atoms with Crippen LogP contribution >= 0.6 is 11.8 Å². The largest absolute Gasteiger partial charge is 0.335 e. The third-order valence-corrected chi connectivity index (χ3v) is 3.55. The normalized spacial score (nSPS) is 27.3. The first-order valence-corrected chi connectivity index (χ1v) is 5.93. The van der Waals surface area contributed by atoms with Gasteiger partial charge in [-0.15, -0.1) is 0 Å². The molecule has 0 spiro atoms. The van der Waals surface area contributed by atoms with E-state index in [1.54, 1.807) is 19.0 Å². The molecular formula is C9H18N2OS. The fourth-order valence-electron chi connectivity index (χ4n) is 1.59. The van der Waals surface area contributed by atoms with Crippen LogP contribution in [0.15, 0.2) is 0 Å². The molecule has 0 saturated heterocycles. The van der Waals surface area contributed by atoms with E-state index in [0.29, 0.717) is 6.04 Å². The van der Waals surface area contributed by atoms with E-state index >= 15 is 0 Å². The van der Waals surface area contributed by atoms with Crippen LogP contribution in [0.3, 0.4) is 0 Å². The quantitative estimate of drug-likeness (QED) is 0.736. The van der Waals surface area contributed by atoms with Crippen LogP contribution in [0, 0.1) is 0 Å². The Labute approximate surface area is 84.2 Å². The van der Waals surface area contributed by atoms with Crippen molar-refractivity contribution in [3.63, 3.8) is 0 Å². The molecule has 0 aromatic rings. The molecule has 2 unspecified atom stereocenters. The Hall–Kier alpha value is -0.380. The van der Waals surface area contributed by atoms with Crippen molar-refractivity contribution in [3.8, 4) is 0 Å². The predicted octanol–water partition coefficient (Wildman–Crippen LogP) is 1.54. The fraction of sp³-hybridized carbons (Fsp3) is 0.889. The van der Waals surface area contributed by atoms with E-state index in [-0.39, 0.29) is 6.03 Å². The molecule has 1 N–H and O–H groups in total. The maximum absolute atomic E-state index is 11.3. The summed E-state index contributed by atoms with van der Waals surface area (Å²) in [5, 5.41) is 3.76. The molecule has 76 valence electrons. The molecule has 4 heteroatoms. The van der Waals surface area contributed by atoms with Crippen molar-refractivity contribution in [1.82, 2.24) is 10.2 Å². The van der Waals surface area contributed by atoms with E-state index in [1.807, 2.05) is 11.8 Å². The highest BCUT2D eigenvalue weighted by Gasteiger charge is 2.25. The summed E-state index contributed by atoms with van der Waals surface area (Å²) in [6, 6.07) is 0.430. The molecule has 0 aromatic carbocycles. The second-order valence-corrected chi connectivity index (χ2v) is 4.85. The minimum absolute atomic E-state index is 0.0340. The van der Waals surface area contributed by atoms with Gasteiger partial charge in [0.2, 0.25) is 0 Å². The van der Waals surface area contributed by atoms with Gasteiger partial charge in [-0.25, -0.2) is 4.79 Å². The summed E-state index contributed by atoms with van der Waals surface area (Å²) in [6.45, 7) is 0. The highest BCUT2D eigenvalue weighted by Crippen LogP contribution is 2.28. The molecule has 0 aliphatic heterocycles. The van der Waals surface area contributed by atoms with Gasteiger partial charge < -0.3 is 10.2 Å². The molecular weight excluding hydrogens is 184 g/mol. The Balaban J connectivity index is 2.28. The Kier molecular flexibility index (Phi) is 3.90. The number of nitrogens with one attached hydrogen (secondary N) is 1. The van der Waals surface area contributed by atoms with Crippen molar-refractivity contribution in [2.45, 2.75) is 30.6 Å². The van der Waals surface area contributed by atoms with Crippen molar-refractivity contribution >= 4 is 17.8 Å². The Morgan fingerprint density at radius 1 is 1.46 bits per heavy atom. The lowest BCUT2D eigenvalue weighted by molar-refractivity contribution is 0.213. The number of carbonyl (C=O) groups excluding carboxylic acids is 1. The lowest BCUT2D eigenvalue weighted by Gasteiger charge is -2.16. The van der Waals surface area contributed by atoms with Gasteiger partial charge in [-0.2, -0.15) is 11.8 Å². The first kappa shape index (κ1) is 10.7. The Bertz CT molecular complexity index is 184. The van der Waals surface area contributed by atoms with Crippen LogP contribution in [0.4, 0.5) is 4.79 Å². The van der Waals surface area contributed by atoms with Crippen molar-refractivity contribution in [3.05, 3.63) is 0 Å². The van der Waals surface area contributed by atoms with Crippen molar-refractivity contribution < 1.29 is 4.79 Å². The minimum Gasteiger partial charge on any atom is -0.335 e. The van der Waals surface area contributed by atoms with E-state index in [4.69, 9.17) is 0 Å². The highest BCUT2D eigenvalue weighted by molar-refractivity contribution is 7.99. The van der Waals surface area contributed by atoms with E-state index in [0.717, 1.165) is 18.1 Å². The number of thioether (sulfide) groups is 1. The zero-order chi connectivity index (χ0) is 9.84. The van der Waals surface area contributed by atoms with E-state index in [9.17, 15) is 4.79 Å². The minimum atomic E-state index is 0.0340. The van der Waals surface area contributed by atoms with Crippen LogP contribution in [0.1, 0.15) is 19.3 Å². The summed E-state index contributed by atoms with van der Waals surface area (Å²) in [5.41, 5.74) is 0. The second kappa shape index (κ2) is 4.74. The zero-order valence-corrected chi connectivity index (χ0v) is 9.36. The second-order valence-electron chi connectivity index (χ2n) is 3.71. The van der Waals surface area contributed by atoms with Gasteiger partial charge in [-0.1, -0.05) is 0 Å². The molecule has 0 heterocycles. The van der Waals surface area contributed by atoms with Crippen molar-refractivity contribution in [1.29, 1.82) is 0 Å². The summed E-state index contributed by atoms with van der Waals surface area (Å²) >= 11 is 1.91. The Morgan fingerprint density at radius 3 is 2.62 bits per heavy atom. The van der Waals surface area contributed by atoms with Crippen LogP contribution in [0.5, 0.6) is 0 Å². The van der Waals surface area contributed by atoms with Gasteiger partial charge in [0, 0.05) is 25.4 Å². The third kappa shape index (κ3) is 3.10. The predicted molar refractivity (Wildman–Crippen MR) is 57.2 cm³/mol. The molecule has 0 aromatic heterocycles. The molecule has 1 aliphatic rings. The van der Waals surface area contributed by atoms with Gasteiger partial charge in [-0.05, 0) is 25.5 Å². The van der Waals surface area contributed by atoms with Crippen molar-refractivity contribution in [2.75, 3.05) is 20.4 Å².